The van der Waals surface area contributed by atoms with E-state index in [2.05, 4.69) is 25.6 Å². The number of benzene rings is 1. The van der Waals surface area contributed by atoms with E-state index in [1.807, 2.05) is 30.3 Å². The van der Waals surface area contributed by atoms with Gasteiger partial charge in [0.05, 0.1) is 18.4 Å². The second-order valence-corrected chi connectivity index (χ2v) is 4.65. The molecule has 2 heterocycles. The number of carbonyl (C=O) groups excluding carboxylic acids is 1. The van der Waals surface area contributed by atoms with Gasteiger partial charge in [0, 0.05) is 18.1 Å². The molecule has 0 aliphatic rings. The van der Waals surface area contributed by atoms with Crippen molar-refractivity contribution in [3.8, 4) is 11.3 Å². The molecule has 0 saturated carbocycles. The standard InChI is InChI=1S/C16H15N5O/c22-16(20-13-6-8-17-9-7-13)19-11-15-18-10-14(21-15)12-4-2-1-3-5-12/h1-10H,11H2,(H,18,21)(H2,17,19,20,22). The van der Waals surface area contributed by atoms with Crippen LogP contribution >= 0.6 is 0 Å². The summed E-state index contributed by atoms with van der Waals surface area (Å²) >= 11 is 0. The topological polar surface area (TPSA) is 82.7 Å². The third kappa shape index (κ3) is 3.49. The Hall–Kier alpha value is -3.15. The number of nitrogens with zero attached hydrogens (tertiary/aromatic N) is 2. The maximum Gasteiger partial charge on any atom is 0.319 e. The highest BCUT2D eigenvalue weighted by atomic mass is 16.2. The summed E-state index contributed by atoms with van der Waals surface area (Å²) in [4.78, 5) is 23.1. The largest absolute Gasteiger partial charge is 0.341 e. The summed E-state index contributed by atoms with van der Waals surface area (Å²) in [7, 11) is 0. The first-order valence-electron chi connectivity index (χ1n) is 6.85. The molecule has 2 amide bonds. The first kappa shape index (κ1) is 13.8. The van der Waals surface area contributed by atoms with E-state index in [4.69, 9.17) is 0 Å². The minimum atomic E-state index is -0.288. The molecular weight excluding hydrogens is 278 g/mol. The number of carbonyl (C=O) groups is 1. The Kier molecular flexibility index (Phi) is 4.10. The van der Waals surface area contributed by atoms with E-state index < -0.39 is 0 Å². The number of amides is 2. The van der Waals surface area contributed by atoms with E-state index in [0.717, 1.165) is 11.3 Å². The van der Waals surface area contributed by atoms with Crippen LogP contribution in [0.4, 0.5) is 10.5 Å². The van der Waals surface area contributed by atoms with Crippen molar-refractivity contribution in [3.05, 3.63) is 66.9 Å². The molecule has 3 aromatic rings. The number of nitrogens with one attached hydrogen (secondary N) is 3. The maximum absolute atomic E-state index is 11.8. The number of aromatic nitrogens is 3. The molecule has 6 nitrogen and oxygen atoms in total. The second-order valence-electron chi connectivity index (χ2n) is 4.65. The van der Waals surface area contributed by atoms with Gasteiger partial charge < -0.3 is 15.6 Å². The number of aromatic amines is 1. The van der Waals surface area contributed by atoms with Gasteiger partial charge in [0.1, 0.15) is 5.82 Å². The van der Waals surface area contributed by atoms with Crippen LogP contribution in [0.25, 0.3) is 11.3 Å². The van der Waals surface area contributed by atoms with Crippen LogP contribution in [0.15, 0.2) is 61.1 Å². The lowest BCUT2D eigenvalue weighted by Gasteiger charge is -2.05. The molecule has 0 aliphatic heterocycles. The zero-order valence-corrected chi connectivity index (χ0v) is 11.8. The van der Waals surface area contributed by atoms with Crippen LogP contribution in [0.3, 0.4) is 0 Å². The van der Waals surface area contributed by atoms with Crippen LogP contribution in [0.2, 0.25) is 0 Å². The van der Waals surface area contributed by atoms with Crippen LogP contribution < -0.4 is 10.6 Å². The second kappa shape index (κ2) is 6.53. The minimum Gasteiger partial charge on any atom is -0.341 e. The molecule has 0 atom stereocenters. The summed E-state index contributed by atoms with van der Waals surface area (Å²) in [6.45, 7) is 0.323. The molecule has 2 aromatic heterocycles. The van der Waals surface area contributed by atoms with E-state index in [0.29, 0.717) is 18.1 Å². The Bertz CT molecular complexity index is 739. The molecule has 110 valence electrons. The Morgan fingerprint density at radius 3 is 2.64 bits per heavy atom. The third-order valence-corrected chi connectivity index (χ3v) is 3.07. The molecule has 0 spiro atoms. The predicted molar refractivity (Wildman–Crippen MR) is 84.1 cm³/mol. The number of H-pyrrole nitrogens is 1. The van der Waals surface area contributed by atoms with Gasteiger partial charge in [-0.15, -0.1) is 0 Å². The SMILES string of the molecule is O=C(NCc1ncc(-c2ccccc2)[nH]1)Nc1ccncc1. The molecule has 0 radical (unpaired) electrons. The molecule has 3 N–H and O–H groups in total. The van der Waals surface area contributed by atoms with Gasteiger partial charge in [0.15, 0.2) is 0 Å². The number of urea groups is 1. The third-order valence-electron chi connectivity index (χ3n) is 3.07. The number of imidazole rings is 1. The summed E-state index contributed by atoms with van der Waals surface area (Å²) in [5, 5.41) is 5.47. The summed E-state index contributed by atoms with van der Waals surface area (Å²) in [5.41, 5.74) is 2.67. The smallest absolute Gasteiger partial charge is 0.319 e. The number of rotatable bonds is 4. The van der Waals surface area contributed by atoms with E-state index >= 15 is 0 Å². The summed E-state index contributed by atoms with van der Waals surface area (Å²) in [6, 6.07) is 13.1. The monoisotopic (exact) mass is 293 g/mol. The first-order valence-corrected chi connectivity index (χ1v) is 6.85. The van der Waals surface area contributed by atoms with Crippen molar-refractivity contribution in [2.45, 2.75) is 6.54 Å². The highest BCUT2D eigenvalue weighted by Gasteiger charge is 2.05. The fourth-order valence-electron chi connectivity index (χ4n) is 1.99. The normalized spacial score (nSPS) is 10.2. The average molecular weight is 293 g/mol. The molecule has 22 heavy (non-hydrogen) atoms. The molecule has 0 unspecified atom stereocenters. The quantitative estimate of drug-likeness (QED) is 0.691. The Morgan fingerprint density at radius 2 is 1.86 bits per heavy atom. The molecule has 6 heteroatoms. The van der Waals surface area contributed by atoms with Crippen molar-refractivity contribution in [2.24, 2.45) is 0 Å². The van der Waals surface area contributed by atoms with Crippen LogP contribution in [0.1, 0.15) is 5.82 Å². The van der Waals surface area contributed by atoms with Gasteiger partial charge >= 0.3 is 6.03 Å². The summed E-state index contributed by atoms with van der Waals surface area (Å²) in [5.74, 6) is 0.698. The molecule has 0 fully saturated rings. The number of hydrogen-bond acceptors (Lipinski definition) is 3. The minimum absolute atomic E-state index is 0.288. The van der Waals surface area contributed by atoms with Crippen LogP contribution in [0, 0.1) is 0 Å². The fourth-order valence-corrected chi connectivity index (χ4v) is 1.99. The zero-order valence-electron chi connectivity index (χ0n) is 11.8. The van der Waals surface area contributed by atoms with Crippen molar-refractivity contribution in [3.63, 3.8) is 0 Å². The van der Waals surface area contributed by atoms with E-state index in [1.165, 1.54) is 0 Å². The molecule has 3 rings (SSSR count). The van der Waals surface area contributed by atoms with Crippen molar-refractivity contribution in [1.29, 1.82) is 0 Å². The van der Waals surface area contributed by atoms with Crippen LogP contribution in [-0.4, -0.2) is 21.0 Å². The highest BCUT2D eigenvalue weighted by molar-refractivity contribution is 5.88. The first-order chi connectivity index (χ1) is 10.8. The lowest BCUT2D eigenvalue weighted by Crippen LogP contribution is -2.28. The Balaban J connectivity index is 1.56. The molecule has 0 saturated heterocycles. The van der Waals surface area contributed by atoms with Gasteiger partial charge in [0.2, 0.25) is 0 Å². The van der Waals surface area contributed by atoms with Gasteiger partial charge in [-0.25, -0.2) is 9.78 Å². The summed E-state index contributed by atoms with van der Waals surface area (Å²) < 4.78 is 0. The van der Waals surface area contributed by atoms with Crippen molar-refractivity contribution < 1.29 is 4.79 Å². The molecule has 1 aromatic carbocycles. The summed E-state index contributed by atoms with van der Waals surface area (Å²) in [6.07, 6.45) is 5.00. The lowest BCUT2D eigenvalue weighted by atomic mass is 10.2. The maximum atomic E-state index is 11.8. The molecule has 0 bridgehead atoms. The van der Waals surface area contributed by atoms with Gasteiger partial charge in [-0.05, 0) is 17.7 Å². The Morgan fingerprint density at radius 1 is 1.09 bits per heavy atom. The fraction of sp³-hybridized carbons (Fsp3) is 0.0625. The van der Waals surface area contributed by atoms with Gasteiger partial charge in [-0.1, -0.05) is 30.3 Å². The van der Waals surface area contributed by atoms with Crippen molar-refractivity contribution >= 4 is 11.7 Å². The molecular formula is C16H15N5O. The van der Waals surface area contributed by atoms with E-state index in [1.54, 1.807) is 30.7 Å². The van der Waals surface area contributed by atoms with Crippen molar-refractivity contribution in [2.75, 3.05) is 5.32 Å². The average Bonchev–Trinajstić information content (AvgIpc) is 3.04. The van der Waals surface area contributed by atoms with Gasteiger partial charge in [-0.3, -0.25) is 4.98 Å². The van der Waals surface area contributed by atoms with Gasteiger partial charge in [-0.2, -0.15) is 0 Å². The van der Waals surface area contributed by atoms with E-state index in [9.17, 15) is 4.79 Å². The highest BCUT2D eigenvalue weighted by Crippen LogP contribution is 2.15. The Labute approximate surface area is 127 Å². The lowest BCUT2D eigenvalue weighted by molar-refractivity contribution is 0.251. The molecule has 0 aliphatic carbocycles. The number of pyridine rings is 1. The van der Waals surface area contributed by atoms with E-state index in [-0.39, 0.29) is 6.03 Å². The van der Waals surface area contributed by atoms with Gasteiger partial charge in [0.25, 0.3) is 0 Å². The zero-order chi connectivity index (χ0) is 15.2. The van der Waals surface area contributed by atoms with Crippen LogP contribution in [0.5, 0.6) is 0 Å². The number of anilines is 1. The number of hydrogen-bond donors (Lipinski definition) is 3. The van der Waals surface area contributed by atoms with Crippen LogP contribution in [-0.2, 0) is 6.54 Å². The van der Waals surface area contributed by atoms with Crippen molar-refractivity contribution in [1.82, 2.24) is 20.3 Å². The predicted octanol–water partition coefficient (Wildman–Crippen LogP) is 2.79.